The van der Waals surface area contributed by atoms with Crippen LogP contribution in [0, 0.1) is 6.92 Å². The van der Waals surface area contributed by atoms with Gasteiger partial charge < -0.3 is 4.74 Å². The average molecular weight is 265 g/mol. The molecular weight excluding hydrogens is 253 g/mol. The highest BCUT2D eigenvalue weighted by Crippen LogP contribution is 2.39. The van der Waals surface area contributed by atoms with Gasteiger partial charge >= 0.3 is 6.18 Å². The van der Waals surface area contributed by atoms with E-state index in [4.69, 9.17) is 16.3 Å². The van der Waals surface area contributed by atoms with Crippen molar-refractivity contribution in [2.75, 3.05) is 6.61 Å². The lowest BCUT2D eigenvalue weighted by atomic mass is 9.95. The molecule has 94 valence electrons. The maximum absolute atomic E-state index is 12.5. The highest BCUT2D eigenvalue weighted by molar-refractivity contribution is 6.31. The molecule has 0 amide bonds. The molecule has 0 spiro atoms. The summed E-state index contributed by atoms with van der Waals surface area (Å²) in [4.78, 5) is 0. The summed E-state index contributed by atoms with van der Waals surface area (Å²) in [6.45, 7) is 1.96. The van der Waals surface area contributed by atoms with Gasteiger partial charge in [0.15, 0.2) is 6.10 Å². The summed E-state index contributed by atoms with van der Waals surface area (Å²) in [5.74, 6) is -0.269. The fourth-order valence-corrected chi connectivity index (χ4v) is 2.42. The highest BCUT2D eigenvalue weighted by Gasteiger charge is 2.46. The Balaban J connectivity index is 2.15. The SMILES string of the molecule is Cc1ccc(C2COC(C(F)(F)F)C2)c(Cl)c1. The van der Waals surface area contributed by atoms with Gasteiger partial charge in [-0.05, 0) is 30.5 Å². The van der Waals surface area contributed by atoms with E-state index in [0.717, 1.165) is 11.1 Å². The fourth-order valence-electron chi connectivity index (χ4n) is 2.03. The van der Waals surface area contributed by atoms with Crippen molar-refractivity contribution in [2.45, 2.75) is 31.5 Å². The molecule has 1 aromatic rings. The summed E-state index contributed by atoms with van der Waals surface area (Å²) < 4.78 is 42.2. The fraction of sp³-hybridized carbons (Fsp3) is 0.500. The third kappa shape index (κ3) is 2.75. The van der Waals surface area contributed by atoms with Crippen molar-refractivity contribution in [3.05, 3.63) is 34.3 Å². The van der Waals surface area contributed by atoms with Gasteiger partial charge in [-0.3, -0.25) is 0 Å². The summed E-state index contributed by atoms with van der Waals surface area (Å²) in [6.07, 6.45) is -6.00. The summed E-state index contributed by atoms with van der Waals surface area (Å²) >= 11 is 6.03. The van der Waals surface area contributed by atoms with Crippen LogP contribution in [-0.2, 0) is 4.74 Å². The first-order valence-corrected chi connectivity index (χ1v) is 5.70. The Labute approximate surface area is 103 Å². The van der Waals surface area contributed by atoms with E-state index in [2.05, 4.69) is 0 Å². The lowest BCUT2D eigenvalue weighted by molar-refractivity contribution is -0.206. The Bertz CT molecular complexity index is 417. The second-order valence-electron chi connectivity index (χ2n) is 4.32. The Hall–Kier alpha value is -0.740. The molecule has 1 fully saturated rings. The van der Waals surface area contributed by atoms with E-state index in [1.54, 1.807) is 12.1 Å². The molecule has 2 unspecified atom stereocenters. The largest absolute Gasteiger partial charge is 0.414 e. The van der Waals surface area contributed by atoms with Crippen LogP contribution in [0.2, 0.25) is 5.02 Å². The number of benzene rings is 1. The van der Waals surface area contributed by atoms with Crippen molar-refractivity contribution >= 4 is 11.6 Å². The number of hydrogen-bond donors (Lipinski definition) is 0. The second-order valence-corrected chi connectivity index (χ2v) is 4.73. The number of alkyl halides is 3. The molecule has 1 aliphatic rings. The normalized spacial score (nSPS) is 25.2. The van der Waals surface area contributed by atoms with Gasteiger partial charge in [0.25, 0.3) is 0 Å². The standard InChI is InChI=1S/C12H12ClF3O/c1-7-2-3-9(10(13)4-7)8-5-11(17-6-8)12(14,15)16/h2-4,8,11H,5-6H2,1H3. The molecule has 0 N–H and O–H groups in total. The predicted octanol–water partition coefficient (Wildman–Crippen LogP) is 4.08. The Morgan fingerprint density at radius 1 is 1.35 bits per heavy atom. The Morgan fingerprint density at radius 2 is 2.06 bits per heavy atom. The molecule has 1 nitrogen and oxygen atoms in total. The monoisotopic (exact) mass is 264 g/mol. The lowest BCUT2D eigenvalue weighted by Crippen LogP contribution is -2.27. The minimum atomic E-state index is -4.29. The van der Waals surface area contributed by atoms with Crippen LogP contribution in [0.15, 0.2) is 18.2 Å². The molecule has 0 saturated carbocycles. The molecule has 0 aromatic heterocycles. The van der Waals surface area contributed by atoms with Crippen molar-refractivity contribution in [1.29, 1.82) is 0 Å². The molecule has 0 radical (unpaired) electrons. The van der Waals surface area contributed by atoms with Crippen molar-refractivity contribution in [1.82, 2.24) is 0 Å². The van der Waals surface area contributed by atoms with Crippen molar-refractivity contribution < 1.29 is 17.9 Å². The molecule has 2 atom stereocenters. The molecular formula is C12H12ClF3O. The number of ether oxygens (including phenoxy) is 1. The van der Waals surface area contributed by atoms with Gasteiger partial charge in [-0.25, -0.2) is 0 Å². The van der Waals surface area contributed by atoms with Gasteiger partial charge in [0.05, 0.1) is 6.61 Å². The van der Waals surface area contributed by atoms with Crippen molar-refractivity contribution in [2.24, 2.45) is 0 Å². The van der Waals surface area contributed by atoms with E-state index in [1.165, 1.54) is 0 Å². The van der Waals surface area contributed by atoms with Crippen molar-refractivity contribution in [3.8, 4) is 0 Å². The van der Waals surface area contributed by atoms with Crippen LogP contribution in [0.3, 0.4) is 0 Å². The third-order valence-corrected chi connectivity index (χ3v) is 3.29. The first-order chi connectivity index (χ1) is 7.88. The van der Waals surface area contributed by atoms with Gasteiger partial charge in [0.2, 0.25) is 0 Å². The molecule has 1 aliphatic heterocycles. The van der Waals surface area contributed by atoms with E-state index >= 15 is 0 Å². The van der Waals surface area contributed by atoms with E-state index in [1.807, 2.05) is 13.0 Å². The minimum Gasteiger partial charge on any atom is -0.368 e. The Kier molecular flexibility index (Phi) is 3.36. The van der Waals surface area contributed by atoms with E-state index in [-0.39, 0.29) is 18.9 Å². The van der Waals surface area contributed by atoms with Crippen LogP contribution >= 0.6 is 11.6 Å². The summed E-state index contributed by atoms with van der Waals surface area (Å²) in [7, 11) is 0. The van der Waals surface area contributed by atoms with Crippen molar-refractivity contribution in [3.63, 3.8) is 0 Å². The summed E-state index contributed by atoms with van der Waals surface area (Å²) in [6, 6.07) is 5.39. The molecule has 5 heteroatoms. The van der Waals surface area contributed by atoms with E-state index in [0.29, 0.717) is 5.02 Å². The van der Waals surface area contributed by atoms with Gasteiger partial charge in [0.1, 0.15) is 0 Å². The third-order valence-electron chi connectivity index (χ3n) is 2.96. The maximum Gasteiger partial charge on any atom is 0.414 e. The molecule has 1 aromatic carbocycles. The molecule has 2 rings (SSSR count). The number of aryl methyl sites for hydroxylation is 1. The van der Waals surface area contributed by atoms with E-state index < -0.39 is 12.3 Å². The quantitative estimate of drug-likeness (QED) is 0.743. The van der Waals surface area contributed by atoms with Gasteiger partial charge in [-0.1, -0.05) is 23.7 Å². The Morgan fingerprint density at radius 3 is 2.59 bits per heavy atom. The summed E-state index contributed by atoms with van der Waals surface area (Å²) in [5.41, 5.74) is 1.73. The highest BCUT2D eigenvalue weighted by atomic mass is 35.5. The van der Waals surface area contributed by atoms with Crippen LogP contribution in [-0.4, -0.2) is 18.9 Å². The van der Waals surface area contributed by atoms with Crippen LogP contribution in [0.5, 0.6) is 0 Å². The number of hydrogen-bond acceptors (Lipinski definition) is 1. The summed E-state index contributed by atoms with van der Waals surface area (Å²) in [5, 5.41) is 0.515. The minimum absolute atomic E-state index is 0.0493. The van der Waals surface area contributed by atoms with Crippen LogP contribution in [0.4, 0.5) is 13.2 Å². The molecule has 0 aliphatic carbocycles. The van der Waals surface area contributed by atoms with E-state index in [9.17, 15) is 13.2 Å². The molecule has 1 saturated heterocycles. The maximum atomic E-state index is 12.5. The van der Waals surface area contributed by atoms with Crippen LogP contribution < -0.4 is 0 Å². The number of halogens is 4. The van der Waals surface area contributed by atoms with Crippen LogP contribution in [0.25, 0.3) is 0 Å². The average Bonchev–Trinajstić information content (AvgIpc) is 2.65. The molecule has 0 bridgehead atoms. The topological polar surface area (TPSA) is 9.23 Å². The molecule has 17 heavy (non-hydrogen) atoms. The second kappa shape index (κ2) is 4.50. The predicted molar refractivity (Wildman–Crippen MR) is 59.3 cm³/mol. The van der Waals surface area contributed by atoms with Gasteiger partial charge in [0, 0.05) is 10.9 Å². The zero-order valence-electron chi connectivity index (χ0n) is 9.22. The molecule has 1 heterocycles. The smallest absolute Gasteiger partial charge is 0.368 e. The van der Waals surface area contributed by atoms with Crippen LogP contribution in [0.1, 0.15) is 23.5 Å². The number of rotatable bonds is 1. The zero-order chi connectivity index (χ0) is 12.6. The lowest BCUT2D eigenvalue weighted by Gasteiger charge is -2.14. The first kappa shape index (κ1) is 12.7. The van der Waals surface area contributed by atoms with Gasteiger partial charge in [-0.15, -0.1) is 0 Å². The zero-order valence-corrected chi connectivity index (χ0v) is 9.98. The first-order valence-electron chi connectivity index (χ1n) is 5.32. The van der Waals surface area contributed by atoms with Gasteiger partial charge in [-0.2, -0.15) is 13.2 Å².